The minimum Gasteiger partial charge on any atom is -0.399 e. The molecule has 1 aromatic carbocycles. The lowest BCUT2D eigenvalue weighted by molar-refractivity contribution is -0.115. The lowest BCUT2D eigenvalue weighted by Crippen LogP contribution is -2.27. The number of carbonyl (C=O) groups excluding carboxylic acids is 1. The first-order valence-electron chi connectivity index (χ1n) is 4.04. The number of thioether (sulfide) groups is 1. The highest BCUT2D eigenvalue weighted by molar-refractivity contribution is 8.24. The van der Waals surface area contributed by atoms with Crippen molar-refractivity contribution in [3.63, 3.8) is 0 Å². The molecule has 1 aromatic rings. The molecule has 1 aliphatic rings. The van der Waals surface area contributed by atoms with E-state index in [4.69, 9.17) is 18.0 Å². The Morgan fingerprint density at radius 3 is 2.86 bits per heavy atom. The van der Waals surface area contributed by atoms with Gasteiger partial charge >= 0.3 is 0 Å². The molecule has 0 aromatic heterocycles. The SMILES string of the molecule is Nc1cccc(N2C(=O)CSC2=S)c1. The highest BCUT2D eigenvalue weighted by Gasteiger charge is 2.27. The van der Waals surface area contributed by atoms with Crippen LogP contribution in [0.2, 0.25) is 0 Å². The number of carbonyl (C=O) groups is 1. The van der Waals surface area contributed by atoms with Crippen molar-refractivity contribution in [2.45, 2.75) is 0 Å². The van der Waals surface area contributed by atoms with Gasteiger partial charge in [0.25, 0.3) is 0 Å². The van der Waals surface area contributed by atoms with Crippen molar-refractivity contribution in [3.8, 4) is 0 Å². The lowest BCUT2D eigenvalue weighted by Gasteiger charge is -2.14. The van der Waals surface area contributed by atoms with Crippen molar-refractivity contribution < 1.29 is 4.79 Å². The molecule has 0 aliphatic carbocycles. The van der Waals surface area contributed by atoms with Gasteiger partial charge in [0.2, 0.25) is 5.91 Å². The standard InChI is InChI=1S/C9H8N2OS2/c10-6-2-1-3-7(4-6)11-8(12)5-14-9(11)13/h1-4H,5,10H2. The average Bonchev–Trinajstić information content (AvgIpc) is 2.46. The van der Waals surface area contributed by atoms with Crippen LogP contribution in [0.5, 0.6) is 0 Å². The van der Waals surface area contributed by atoms with Crippen LogP contribution in [0.1, 0.15) is 0 Å². The van der Waals surface area contributed by atoms with E-state index in [0.717, 1.165) is 5.69 Å². The van der Waals surface area contributed by atoms with E-state index in [9.17, 15) is 4.79 Å². The summed E-state index contributed by atoms with van der Waals surface area (Å²) in [6.45, 7) is 0. The van der Waals surface area contributed by atoms with Crippen LogP contribution in [0.25, 0.3) is 0 Å². The molecule has 3 nitrogen and oxygen atoms in total. The molecule has 5 heteroatoms. The smallest absolute Gasteiger partial charge is 0.243 e. The number of amides is 1. The van der Waals surface area contributed by atoms with Crippen LogP contribution >= 0.6 is 24.0 Å². The first-order chi connectivity index (χ1) is 6.68. The summed E-state index contributed by atoms with van der Waals surface area (Å²) in [5, 5.41) is 0. The topological polar surface area (TPSA) is 46.3 Å². The Morgan fingerprint density at radius 2 is 2.29 bits per heavy atom. The second-order valence-corrected chi connectivity index (χ2v) is 4.49. The quantitative estimate of drug-likeness (QED) is 0.582. The van der Waals surface area contributed by atoms with Crippen LogP contribution in [0.3, 0.4) is 0 Å². The van der Waals surface area contributed by atoms with Gasteiger partial charge < -0.3 is 5.73 Å². The molecule has 0 saturated carbocycles. The molecule has 0 bridgehead atoms. The Kier molecular flexibility index (Phi) is 2.43. The Balaban J connectivity index is 2.39. The normalized spacial score (nSPS) is 16.4. The van der Waals surface area contributed by atoms with Crippen LogP contribution < -0.4 is 10.6 Å². The number of benzene rings is 1. The van der Waals surface area contributed by atoms with E-state index < -0.39 is 0 Å². The average molecular weight is 224 g/mol. The molecule has 1 fully saturated rings. The van der Waals surface area contributed by atoms with Crippen molar-refractivity contribution in [2.24, 2.45) is 0 Å². The molecule has 2 rings (SSSR count). The molecule has 1 aliphatic heterocycles. The maximum absolute atomic E-state index is 11.5. The summed E-state index contributed by atoms with van der Waals surface area (Å²) in [7, 11) is 0. The molecule has 1 amide bonds. The number of rotatable bonds is 1. The zero-order valence-corrected chi connectivity index (χ0v) is 8.90. The number of nitrogens with two attached hydrogens (primary N) is 1. The molecule has 0 radical (unpaired) electrons. The number of thiocarbonyl (C=S) groups is 1. The van der Waals surface area contributed by atoms with Gasteiger partial charge in [-0.25, -0.2) is 0 Å². The predicted molar refractivity (Wildman–Crippen MR) is 63.4 cm³/mol. The van der Waals surface area contributed by atoms with Gasteiger partial charge in [-0.15, -0.1) is 0 Å². The summed E-state index contributed by atoms with van der Waals surface area (Å²) in [6.07, 6.45) is 0. The highest BCUT2D eigenvalue weighted by Crippen LogP contribution is 2.27. The molecule has 0 atom stereocenters. The van der Waals surface area contributed by atoms with Gasteiger partial charge in [-0.1, -0.05) is 30.0 Å². The van der Waals surface area contributed by atoms with Crippen molar-refractivity contribution in [1.82, 2.24) is 0 Å². The fourth-order valence-electron chi connectivity index (χ4n) is 1.27. The third kappa shape index (κ3) is 1.60. The van der Waals surface area contributed by atoms with E-state index in [1.807, 2.05) is 12.1 Å². The Morgan fingerprint density at radius 1 is 1.50 bits per heavy atom. The molecule has 14 heavy (non-hydrogen) atoms. The first kappa shape index (κ1) is 9.48. The van der Waals surface area contributed by atoms with Crippen molar-refractivity contribution in [2.75, 3.05) is 16.4 Å². The molecule has 2 N–H and O–H groups in total. The van der Waals surface area contributed by atoms with Crippen molar-refractivity contribution >= 4 is 45.6 Å². The van der Waals surface area contributed by atoms with Crippen molar-refractivity contribution in [1.29, 1.82) is 0 Å². The molecular weight excluding hydrogens is 216 g/mol. The van der Waals surface area contributed by atoms with E-state index in [1.54, 1.807) is 12.1 Å². The summed E-state index contributed by atoms with van der Waals surface area (Å²) in [5.74, 6) is 0.443. The van der Waals surface area contributed by atoms with Crippen LogP contribution in [-0.2, 0) is 4.79 Å². The number of anilines is 2. The molecule has 0 unspecified atom stereocenters. The molecule has 72 valence electrons. The van der Waals surface area contributed by atoms with Crippen molar-refractivity contribution in [3.05, 3.63) is 24.3 Å². The van der Waals surface area contributed by atoms with Crippen LogP contribution in [0.15, 0.2) is 24.3 Å². The van der Waals surface area contributed by atoms with E-state index >= 15 is 0 Å². The maximum Gasteiger partial charge on any atom is 0.243 e. The maximum atomic E-state index is 11.5. The van der Waals surface area contributed by atoms with E-state index in [1.165, 1.54) is 16.7 Å². The van der Waals surface area contributed by atoms with E-state index in [0.29, 0.717) is 15.8 Å². The second kappa shape index (κ2) is 3.59. The molecule has 1 heterocycles. The second-order valence-electron chi connectivity index (χ2n) is 2.88. The van der Waals surface area contributed by atoms with Gasteiger partial charge in [-0.3, -0.25) is 9.69 Å². The monoisotopic (exact) mass is 224 g/mol. The third-order valence-electron chi connectivity index (χ3n) is 1.88. The zero-order chi connectivity index (χ0) is 10.1. The highest BCUT2D eigenvalue weighted by atomic mass is 32.2. The Labute approximate surface area is 91.3 Å². The van der Waals surface area contributed by atoms with Gasteiger partial charge in [-0.2, -0.15) is 0 Å². The zero-order valence-electron chi connectivity index (χ0n) is 7.27. The Bertz CT molecular complexity index is 390. The lowest BCUT2D eigenvalue weighted by atomic mass is 10.2. The molecule has 0 spiro atoms. The van der Waals surface area contributed by atoms with Crippen LogP contribution in [0.4, 0.5) is 11.4 Å². The summed E-state index contributed by atoms with van der Waals surface area (Å²) in [4.78, 5) is 13.0. The third-order valence-corrected chi connectivity index (χ3v) is 3.24. The van der Waals surface area contributed by atoms with Crippen LogP contribution in [0, 0.1) is 0 Å². The molecular formula is C9H8N2OS2. The van der Waals surface area contributed by atoms with Gasteiger partial charge in [0.05, 0.1) is 11.4 Å². The summed E-state index contributed by atoms with van der Waals surface area (Å²) >= 11 is 6.45. The number of nitrogens with zero attached hydrogens (tertiary/aromatic N) is 1. The fraction of sp³-hybridized carbons (Fsp3) is 0.111. The molecule has 1 saturated heterocycles. The van der Waals surface area contributed by atoms with Crippen LogP contribution in [-0.4, -0.2) is 16.0 Å². The minimum atomic E-state index is 0.0191. The largest absolute Gasteiger partial charge is 0.399 e. The summed E-state index contributed by atoms with van der Waals surface area (Å²) in [6, 6.07) is 7.16. The summed E-state index contributed by atoms with van der Waals surface area (Å²) < 4.78 is 0.598. The number of nitrogen functional groups attached to an aromatic ring is 1. The van der Waals surface area contributed by atoms with Gasteiger partial charge in [-0.05, 0) is 18.2 Å². The minimum absolute atomic E-state index is 0.0191. The van der Waals surface area contributed by atoms with Gasteiger partial charge in [0.1, 0.15) is 4.32 Å². The predicted octanol–water partition coefficient (Wildman–Crippen LogP) is 1.63. The number of hydrogen-bond donors (Lipinski definition) is 1. The Hall–Kier alpha value is -1.07. The van der Waals surface area contributed by atoms with Gasteiger partial charge in [0.15, 0.2) is 0 Å². The van der Waals surface area contributed by atoms with E-state index in [2.05, 4.69) is 0 Å². The van der Waals surface area contributed by atoms with E-state index in [-0.39, 0.29) is 5.91 Å². The van der Waals surface area contributed by atoms with Gasteiger partial charge in [0, 0.05) is 5.69 Å². The number of hydrogen-bond acceptors (Lipinski definition) is 4. The fourth-order valence-corrected chi connectivity index (χ4v) is 2.36. The summed E-state index contributed by atoms with van der Waals surface area (Å²) in [5.41, 5.74) is 7.02. The first-order valence-corrected chi connectivity index (χ1v) is 5.43.